The number of aliphatic hydroxyl groups is 1. The first-order chi connectivity index (χ1) is 9.68. The summed E-state index contributed by atoms with van der Waals surface area (Å²) in [5.74, 6) is -1.32. The number of aliphatic hydroxyl groups excluding tert-OH is 1. The van der Waals surface area contributed by atoms with Crippen LogP contribution in [-0.4, -0.2) is 5.11 Å². The Morgan fingerprint density at radius 3 is 2.24 bits per heavy atom. The van der Waals surface area contributed by atoms with Crippen LogP contribution in [0.3, 0.4) is 0 Å². The second kappa shape index (κ2) is 5.38. The molecule has 0 saturated heterocycles. The third-order valence-electron chi connectivity index (χ3n) is 2.72. The highest BCUT2D eigenvalue weighted by Crippen LogP contribution is 2.30. The lowest BCUT2D eigenvalue weighted by molar-refractivity contribution is -0.128. The molecule has 1 unspecified atom stereocenters. The molecule has 2 rings (SSSR count). The molecule has 0 aromatic carbocycles. The van der Waals surface area contributed by atoms with E-state index in [1.165, 1.54) is 6.92 Å². The van der Waals surface area contributed by atoms with E-state index in [1.54, 1.807) is 20.8 Å². The van der Waals surface area contributed by atoms with Crippen LogP contribution >= 0.6 is 0 Å². The maximum atomic E-state index is 11.2. The molecule has 0 fully saturated rings. The van der Waals surface area contributed by atoms with Gasteiger partial charge in [0.1, 0.15) is 12.4 Å². The Hall–Kier alpha value is -2.06. The zero-order chi connectivity index (χ0) is 15.8. The summed E-state index contributed by atoms with van der Waals surface area (Å²) in [6, 6.07) is 0. The van der Waals surface area contributed by atoms with Crippen molar-refractivity contribution < 1.29 is 27.5 Å². The van der Waals surface area contributed by atoms with Crippen molar-refractivity contribution in [1.29, 1.82) is 0 Å². The second-order valence-corrected chi connectivity index (χ2v) is 5.49. The topological polar surface area (TPSA) is 116 Å². The molecule has 21 heavy (non-hydrogen) atoms. The third kappa shape index (κ3) is 3.34. The van der Waals surface area contributed by atoms with Crippen molar-refractivity contribution in [2.75, 3.05) is 0 Å². The van der Waals surface area contributed by atoms with E-state index in [-0.39, 0.29) is 29.6 Å². The summed E-state index contributed by atoms with van der Waals surface area (Å²) >= 11 is 0. The van der Waals surface area contributed by atoms with E-state index in [1.807, 2.05) is 0 Å². The molecule has 2 aromatic heterocycles. The molecule has 2 heterocycles. The number of hydrogen-bond acceptors (Lipinski definition) is 8. The molecule has 0 radical (unpaired) electrons. The minimum absolute atomic E-state index is 0.115. The Balaban J connectivity index is 2.18. The van der Waals surface area contributed by atoms with Gasteiger partial charge in [0, 0.05) is 5.41 Å². The van der Waals surface area contributed by atoms with E-state index < -0.39 is 23.3 Å². The Morgan fingerprint density at radius 2 is 1.71 bits per heavy atom. The van der Waals surface area contributed by atoms with Crippen molar-refractivity contribution in [2.24, 2.45) is 0 Å². The Morgan fingerprint density at radius 1 is 1.10 bits per heavy atom. The van der Waals surface area contributed by atoms with E-state index in [9.17, 15) is 14.7 Å². The molecule has 0 aliphatic rings. The molecule has 116 valence electrons. The molecule has 1 N–H and O–H groups in total. The minimum atomic E-state index is -1.54. The third-order valence-corrected chi connectivity index (χ3v) is 2.72. The van der Waals surface area contributed by atoms with E-state index in [4.69, 9.17) is 18.0 Å². The molecular weight excluding hydrogens is 284 g/mol. The zero-order valence-corrected chi connectivity index (χ0v) is 12.1. The Bertz CT molecular complexity index is 720. The second-order valence-electron chi connectivity index (χ2n) is 5.49. The highest BCUT2D eigenvalue weighted by Gasteiger charge is 2.30. The fourth-order valence-corrected chi connectivity index (χ4v) is 1.71. The van der Waals surface area contributed by atoms with Gasteiger partial charge in [-0.05, 0) is 6.92 Å². The summed E-state index contributed by atoms with van der Waals surface area (Å²) in [5.41, 5.74) is -0.552. The molecule has 0 amide bonds. The summed E-state index contributed by atoms with van der Waals surface area (Å²) < 4.78 is 24.3. The van der Waals surface area contributed by atoms with E-state index >= 15 is 0 Å². The van der Waals surface area contributed by atoms with Gasteiger partial charge in [0.05, 0.1) is 0 Å². The predicted octanol–water partition coefficient (Wildman–Crippen LogP) is 1.59. The molecular formula is C13H16O8. The molecule has 2 aromatic rings. The Labute approximate surface area is 118 Å². The first-order valence-corrected chi connectivity index (χ1v) is 6.22. The van der Waals surface area contributed by atoms with Crippen LogP contribution in [0.1, 0.15) is 50.1 Å². The fraction of sp³-hybridized carbons (Fsp3) is 0.538. The largest absolute Gasteiger partial charge is 0.519 e. The molecule has 1 atom stereocenters. The number of rotatable bonds is 4. The highest BCUT2D eigenvalue weighted by molar-refractivity contribution is 5.14. The molecule has 0 bridgehead atoms. The zero-order valence-electron chi connectivity index (χ0n) is 12.1. The van der Waals surface area contributed by atoms with Gasteiger partial charge in [0.15, 0.2) is 11.5 Å². The lowest BCUT2D eigenvalue weighted by Gasteiger charge is -2.17. The van der Waals surface area contributed by atoms with Gasteiger partial charge in [-0.2, -0.15) is 0 Å². The van der Waals surface area contributed by atoms with Crippen LogP contribution in [0, 0.1) is 6.92 Å². The van der Waals surface area contributed by atoms with Gasteiger partial charge in [0.25, 0.3) is 0 Å². The van der Waals surface area contributed by atoms with Crippen molar-refractivity contribution in [3.63, 3.8) is 0 Å². The minimum Gasteiger partial charge on any atom is -0.396 e. The molecule has 0 saturated carbocycles. The maximum absolute atomic E-state index is 11.2. The van der Waals surface area contributed by atoms with Gasteiger partial charge in [-0.25, -0.2) is 9.59 Å². The lowest BCUT2D eigenvalue weighted by atomic mass is 9.92. The summed E-state index contributed by atoms with van der Waals surface area (Å²) in [6.07, 6.45) is -1.54. The smallest absolute Gasteiger partial charge is 0.396 e. The SMILES string of the molecule is Cc1oc(=O)oc1COC(O)c1oc(=O)oc1C(C)(C)C. The van der Waals surface area contributed by atoms with E-state index in [0.717, 1.165) is 0 Å². The van der Waals surface area contributed by atoms with Crippen molar-refractivity contribution in [2.45, 2.75) is 46.0 Å². The van der Waals surface area contributed by atoms with Crippen LogP contribution in [-0.2, 0) is 16.8 Å². The molecule has 0 spiro atoms. The summed E-state index contributed by atoms with van der Waals surface area (Å²) in [7, 11) is 0. The lowest BCUT2D eigenvalue weighted by Crippen LogP contribution is -2.15. The average Bonchev–Trinajstić information content (AvgIpc) is 2.89. The Kier molecular flexibility index (Phi) is 3.93. The van der Waals surface area contributed by atoms with Crippen molar-refractivity contribution >= 4 is 0 Å². The van der Waals surface area contributed by atoms with Crippen LogP contribution in [0.15, 0.2) is 27.3 Å². The fourth-order valence-electron chi connectivity index (χ4n) is 1.71. The predicted molar refractivity (Wildman–Crippen MR) is 67.7 cm³/mol. The van der Waals surface area contributed by atoms with Crippen LogP contribution in [0.2, 0.25) is 0 Å². The first-order valence-electron chi connectivity index (χ1n) is 6.22. The summed E-state index contributed by atoms with van der Waals surface area (Å²) in [4.78, 5) is 22.1. The van der Waals surface area contributed by atoms with E-state index in [2.05, 4.69) is 4.42 Å². The molecule has 8 nitrogen and oxygen atoms in total. The van der Waals surface area contributed by atoms with Crippen molar-refractivity contribution in [1.82, 2.24) is 0 Å². The van der Waals surface area contributed by atoms with Crippen LogP contribution in [0.25, 0.3) is 0 Å². The van der Waals surface area contributed by atoms with E-state index in [0.29, 0.717) is 0 Å². The van der Waals surface area contributed by atoms with Gasteiger partial charge in [-0.3, -0.25) is 0 Å². The van der Waals surface area contributed by atoms with Crippen molar-refractivity contribution in [3.05, 3.63) is 44.3 Å². The number of aryl methyl sites for hydroxylation is 1. The summed E-state index contributed by atoms with van der Waals surface area (Å²) in [5, 5.41) is 9.97. The van der Waals surface area contributed by atoms with Crippen LogP contribution < -0.4 is 11.6 Å². The number of hydrogen-bond donors (Lipinski definition) is 1. The standard InChI is InChI=1S/C13H16O8/c1-6-7(19-11(15)18-6)5-17-10(14)8-9(13(2,3)4)21-12(16)20-8/h10,14H,5H2,1-4H3. The molecule has 0 aliphatic heterocycles. The maximum Gasteiger partial charge on any atom is 0.519 e. The summed E-state index contributed by atoms with van der Waals surface area (Å²) in [6.45, 7) is 6.66. The molecule has 0 aliphatic carbocycles. The van der Waals surface area contributed by atoms with Gasteiger partial charge in [-0.15, -0.1) is 0 Å². The normalized spacial score (nSPS) is 13.6. The molecule has 8 heteroatoms. The quantitative estimate of drug-likeness (QED) is 0.846. The highest BCUT2D eigenvalue weighted by atomic mass is 16.6. The van der Waals surface area contributed by atoms with Crippen LogP contribution in [0.5, 0.6) is 0 Å². The average molecular weight is 300 g/mol. The van der Waals surface area contributed by atoms with Gasteiger partial charge in [-0.1, -0.05) is 20.8 Å². The van der Waals surface area contributed by atoms with Crippen LogP contribution in [0.4, 0.5) is 0 Å². The van der Waals surface area contributed by atoms with Crippen molar-refractivity contribution in [3.8, 4) is 0 Å². The van der Waals surface area contributed by atoms with Gasteiger partial charge >= 0.3 is 11.6 Å². The van der Waals surface area contributed by atoms with Gasteiger partial charge < -0.3 is 27.5 Å². The monoisotopic (exact) mass is 300 g/mol. The number of ether oxygens (including phenoxy) is 1. The first kappa shape index (κ1) is 15.3. The van der Waals surface area contributed by atoms with Gasteiger partial charge in [0.2, 0.25) is 12.1 Å².